The second-order valence-corrected chi connectivity index (χ2v) is 10.7. The van der Waals surface area contributed by atoms with Gasteiger partial charge in [0, 0.05) is 37.9 Å². The molecule has 1 fully saturated rings. The number of rotatable bonds is 4. The van der Waals surface area contributed by atoms with E-state index in [1.807, 2.05) is 20.8 Å². The van der Waals surface area contributed by atoms with Gasteiger partial charge in [-0.15, -0.1) is 0 Å². The molecule has 8 nitrogen and oxygen atoms in total. The minimum Gasteiger partial charge on any atom is -0.336 e. The first kappa shape index (κ1) is 23.0. The van der Waals surface area contributed by atoms with Gasteiger partial charge in [0.2, 0.25) is 10.0 Å². The Morgan fingerprint density at radius 2 is 1.72 bits per heavy atom. The Morgan fingerprint density at radius 3 is 2.31 bits per heavy atom. The number of pyridine rings is 1. The van der Waals surface area contributed by atoms with Crippen LogP contribution in [0.25, 0.3) is 11.0 Å². The van der Waals surface area contributed by atoms with Crippen molar-refractivity contribution in [1.82, 2.24) is 24.0 Å². The van der Waals surface area contributed by atoms with Crippen molar-refractivity contribution < 1.29 is 13.2 Å². The SMILES string of the molecule is Cc1cc(C(=O)N2CCN(S(=O)(=O)c3c(Cl)cccc3Cl)CC2)c2cnn(C(C)C)c2n1. The Morgan fingerprint density at radius 1 is 1.09 bits per heavy atom. The molecular weight excluding hydrogens is 473 g/mol. The van der Waals surface area contributed by atoms with Crippen molar-refractivity contribution >= 4 is 50.2 Å². The second kappa shape index (κ2) is 8.62. The van der Waals surface area contributed by atoms with Gasteiger partial charge in [-0.1, -0.05) is 29.3 Å². The molecule has 2 aromatic heterocycles. The van der Waals surface area contributed by atoms with Crippen LogP contribution in [0.4, 0.5) is 0 Å². The number of carbonyl (C=O) groups is 1. The molecule has 0 spiro atoms. The lowest BCUT2D eigenvalue weighted by molar-refractivity contribution is 0.0699. The molecule has 32 heavy (non-hydrogen) atoms. The maximum absolute atomic E-state index is 13.3. The molecule has 1 aromatic carbocycles. The third-order valence-electron chi connectivity index (χ3n) is 5.46. The van der Waals surface area contributed by atoms with Crippen LogP contribution in [-0.4, -0.2) is 64.5 Å². The minimum absolute atomic E-state index is 0.0767. The molecule has 0 atom stereocenters. The molecule has 0 aliphatic carbocycles. The molecule has 0 unspecified atom stereocenters. The quantitative estimate of drug-likeness (QED) is 0.549. The number of carbonyl (C=O) groups excluding carboxylic acids is 1. The summed E-state index contributed by atoms with van der Waals surface area (Å²) in [6.45, 7) is 6.64. The van der Waals surface area contributed by atoms with Crippen LogP contribution in [0, 0.1) is 6.92 Å². The van der Waals surface area contributed by atoms with E-state index < -0.39 is 10.0 Å². The number of hydrogen-bond donors (Lipinski definition) is 0. The first-order chi connectivity index (χ1) is 15.1. The van der Waals surface area contributed by atoms with Gasteiger partial charge in [0.15, 0.2) is 5.65 Å². The molecule has 4 rings (SSSR count). The number of halogens is 2. The normalized spacial score (nSPS) is 15.6. The van der Waals surface area contributed by atoms with Crippen LogP contribution in [0.15, 0.2) is 35.4 Å². The summed E-state index contributed by atoms with van der Waals surface area (Å²) in [5, 5.41) is 5.23. The molecule has 1 aliphatic heterocycles. The highest BCUT2D eigenvalue weighted by molar-refractivity contribution is 7.89. The van der Waals surface area contributed by atoms with Crippen LogP contribution in [0.5, 0.6) is 0 Å². The Labute approximate surface area is 196 Å². The number of nitrogens with zero attached hydrogens (tertiary/aromatic N) is 5. The standard InChI is InChI=1S/C21H23Cl2N5O3S/c1-13(2)28-20-16(12-24-28)15(11-14(3)25-20)21(29)26-7-9-27(10-8-26)32(30,31)19-17(22)5-4-6-18(19)23/h4-6,11-13H,7-10H2,1-3H3. The van der Waals surface area contributed by atoms with E-state index in [0.29, 0.717) is 16.6 Å². The number of fused-ring (bicyclic) bond motifs is 1. The smallest absolute Gasteiger partial charge is 0.254 e. The van der Waals surface area contributed by atoms with Crippen molar-refractivity contribution in [2.75, 3.05) is 26.2 Å². The van der Waals surface area contributed by atoms with Crippen molar-refractivity contribution in [3.63, 3.8) is 0 Å². The van der Waals surface area contributed by atoms with Gasteiger partial charge in [0.25, 0.3) is 5.91 Å². The number of aromatic nitrogens is 3. The lowest BCUT2D eigenvalue weighted by Gasteiger charge is -2.34. The number of amides is 1. The van der Waals surface area contributed by atoms with Gasteiger partial charge in [0.05, 0.1) is 27.2 Å². The van der Waals surface area contributed by atoms with Crippen molar-refractivity contribution in [2.24, 2.45) is 0 Å². The van der Waals surface area contributed by atoms with Gasteiger partial charge in [-0.05, 0) is 39.0 Å². The van der Waals surface area contributed by atoms with Crippen LogP contribution >= 0.6 is 23.2 Å². The zero-order valence-corrected chi connectivity index (χ0v) is 20.2. The van der Waals surface area contributed by atoms with Crippen molar-refractivity contribution in [3.8, 4) is 0 Å². The van der Waals surface area contributed by atoms with Crippen LogP contribution in [0.3, 0.4) is 0 Å². The van der Waals surface area contributed by atoms with Crippen LogP contribution < -0.4 is 0 Å². The van der Waals surface area contributed by atoms with Gasteiger partial charge >= 0.3 is 0 Å². The van der Waals surface area contributed by atoms with Gasteiger partial charge in [0.1, 0.15) is 4.90 Å². The Bertz CT molecular complexity index is 1280. The fraction of sp³-hybridized carbons (Fsp3) is 0.381. The number of benzene rings is 1. The molecule has 1 amide bonds. The minimum atomic E-state index is -3.88. The molecule has 0 N–H and O–H groups in total. The van der Waals surface area contributed by atoms with Gasteiger partial charge < -0.3 is 4.90 Å². The van der Waals surface area contributed by atoms with E-state index >= 15 is 0 Å². The second-order valence-electron chi connectivity index (χ2n) is 7.98. The summed E-state index contributed by atoms with van der Waals surface area (Å²) in [5.74, 6) is -0.170. The summed E-state index contributed by atoms with van der Waals surface area (Å²) in [6.07, 6.45) is 1.66. The zero-order chi connectivity index (χ0) is 23.2. The third kappa shape index (κ3) is 3.98. The Balaban J connectivity index is 1.57. The predicted octanol–water partition coefficient (Wildman–Crippen LogP) is 3.77. The summed E-state index contributed by atoms with van der Waals surface area (Å²) in [7, 11) is -3.88. The number of hydrogen-bond acceptors (Lipinski definition) is 5. The fourth-order valence-corrected chi connectivity index (χ4v) is 6.37. The van der Waals surface area contributed by atoms with Crippen molar-refractivity contribution in [2.45, 2.75) is 31.7 Å². The van der Waals surface area contributed by atoms with Crippen molar-refractivity contribution in [1.29, 1.82) is 0 Å². The van der Waals surface area contributed by atoms with Gasteiger partial charge in [-0.25, -0.2) is 18.1 Å². The van der Waals surface area contributed by atoms with Crippen molar-refractivity contribution in [3.05, 3.63) is 51.8 Å². The zero-order valence-electron chi connectivity index (χ0n) is 17.9. The molecule has 170 valence electrons. The number of piperazine rings is 1. The highest BCUT2D eigenvalue weighted by Gasteiger charge is 2.33. The Kier molecular flexibility index (Phi) is 6.19. The first-order valence-electron chi connectivity index (χ1n) is 10.2. The van der Waals surface area contributed by atoms with Gasteiger partial charge in [-0.3, -0.25) is 4.79 Å². The molecule has 3 heterocycles. The topological polar surface area (TPSA) is 88.4 Å². The highest BCUT2D eigenvalue weighted by Crippen LogP contribution is 2.32. The monoisotopic (exact) mass is 495 g/mol. The fourth-order valence-electron chi connectivity index (χ4n) is 3.86. The highest BCUT2D eigenvalue weighted by atomic mass is 35.5. The van der Waals surface area contributed by atoms with Crippen LogP contribution in [-0.2, 0) is 10.0 Å². The Hall–Kier alpha value is -2.20. The van der Waals surface area contributed by atoms with Gasteiger partial charge in [-0.2, -0.15) is 9.40 Å². The summed E-state index contributed by atoms with van der Waals surface area (Å²) >= 11 is 12.2. The predicted molar refractivity (Wildman–Crippen MR) is 124 cm³/mol. The average molecular weight is 496 g/mol. The molecule has 0 radical (unpaired) electrons. The summed E-state index contributed by atoms with van der Waals surface area (Å²) in [6, 6.07) is 6.45. The van der Waals surface area contributed by atoms with E-state index in [1.165, 1.54) is 16.4 Å². The third-order valence-corrected chi connectivity index (χ3v) is 8.31. The summed E-state index contributed by atoms with van der Waals surface area (Å²) in [4.78, 5) is 19.4. The van der Waals surface area contributed by atoms with E-state index in [9.17, 15) is 13.2 Å². The number of aryl methyl sites for hydroxylation is 1. The van der Waals surface area contributed by atoms with Crippen LogP contribution in [0.2, 0.25) is 10.0 Å². The van der Waals surface area contributed by atoms with E-state index in [2.05, 4.69) is 10.1 Å². The largest absolute Gasteiger partial charge is 0.336 e. The van der Waals surface area contributed by atoms with E-state index in [1.54, 1.807) is 27.9 Å². The lowest BCUT2D eigenvalue weighted by atomic mass is 10.1. The summed E-state index contributed by atoms with van der Waals surface area (Å²) < 4.78 is 29.3. The van der Waals surface area contributed by atoms with Crippen LogP contribution in [0.1, 0.15) is 35.9 Å². The number of sulfonamides is 1. The molecule has 11 heteroatoms. The van der Waals surface area contributed by atoms with E-state index in [4.69, 9.17) is 23.2 Å². The molecule has 0 saturated carbocycles. The molecule has 3 aromatic rings. The first-order valence-corrected chi connectivity index (χ1v) is 12.4. The molecular formula is C21H23Cl2N5O3S. The van der Waals surface area contributed by atoms with E-state index in [0.717, 1.165) is 5.69 Å². The average Bonchev–Trinajstić information content (AvgIpc) is 3.16. The van der Waals surface area contributed by atoms with E-state index in [-0.39, 0.29) is 53.1 Å². The molecule has 1 aliphatic rings. The lowest BCUT2D eigenvalue weighted by Crippen LogP contribution is -2.50. The maximum atomic E-state index is 13.3. The molecule has 0 bridgehead atoms. The summed E-state index contributed by atoms with van der Waals surface area (Å²) in [5.41, 5.74) is 1.90. The maximum Gasteiger partial charge on any atom is 0.254 e. The molecule has 1 saturated heterocycles.